The molecule has 17 heavy (non-hydrogen) atoms. The minimum atomic E-state index is 0.207. The van der Waals surface area contributed by atoms with Crippen LogP contribution in [0, 0.1) is 0 Å². The second-order valence-electron chi connectivity index (χ2n) is 3.88. The SMILES string of the molecule is Brc1ccccc1-n1ccc([C@H]2OCCS2)c1. The van der Waals surface area contributed by atoms with Crippen molar-refractivity contribution >= 4 is 27.7 Å². The van der Waals surface area contributed by atoms with Crippen LogP contribution >= 0.6 is 27.7 Å². The van der Waals surface area contributed by atoms with Crippen molar-refractivity contribution in [3.8, 4) is 5.69 Å². The fourth-order valence-electron chi connectivity index (χ4n) is 1.91. The summed E-state index contributed by atoms with van der Waals surface area (Å²) in [6, 6.07) is 10.3. The largest absolute Gasteiger partial charge is 0.362 e. The first-order valence-electron chi connectivity index (χ1n) is 5.50. The number of para-hydroxylation sites is 1. The number of benzene rings is 1. The van der Waals surface area contributed by atoms with E-state index in [0.717, 1.165) is 22.5 Å². The van der Waals surface area contributed by atoms with Gasteiger partial charge >= 0.3 is 0 Å². The lowest BCUT2D eigenvalue weighted by molar-refractivity contribution is 0.145. The van der Waals surface area contributed by atoms with Gasteiger partial charge in [0.25, 0.3) is 0 Å². The first kappa shape index (κ1) is 11.4. The zero-order chi connectivity index (χ0) is 11.7. The van der Waals surface area contributed by atoms with Crippen molar-refractivity contribution in [2.24, 2.45) is 0 Å². The van der Waals surface area contributed by atoms with Gasteiger partial charge < -0.3 is 9.30 Å². The summed E-state index contributed by atoms with van der Waals surface area (Å²) in [7, 11) is 0. The Morgan fingerprint density at radius 1 is 1.29 bits per heavy atom. The lowest BCUT2D eigenvalue weighted by Crippen LogP contribution is -1.93. The van der Waals surface area contributed by atoms with Gasteiger partial charge in [0.15, 0.2) is 0 Å². The summed E-state index contributed by atoms with van der Waals surface area (Å²) in [5.41, 5.74) is 2.60. The molecule has 1 aromatic heterocycles. The third-order valence-corrected chi connectivity index (χ3v) is 4.52. The summed E-state index contributed by atoms with van der Waals surface area (Å²) in [5, 5.41) is 0. The quantitative estimate of drug-likeness (QED) is 0.832. The van der Waals surface area contributed by atoms with E-state index in [1.807, 2.05) is 23.9 Å². The van der Waals surface area contributed by atoms with Crippen LogP contribution in [0.1, 0.15) is 11.0 Å². The molecule has 1 aliphatic heterocycles. The fourth-order valence-corrected chi connectivity index (χ4v) is 3.33. The third-order valence-electron chi connectivity index (χ3n) is 2.74. The first-order chi connectivity index (χ1) is 8.34. The van der Waals surface area contributed by atoms with E-state index in [1.54, 1.807) is 0 Å². The van der Waals surface area contributed by atoms with Crippen LogP contribution in [-0.2, 0) is 4.74 Å². The molecule has 88 valence electrons. The predicted octanol–water partition coefficient (Wildman–Crippen LogP) is 4.00. The summed E-state index contributed by atoms with van der Waals surface area (Å²) in [6.07, 6.45) is 4.22. The molecule has 0 spiro atoms. The molecule has 1 atom stereocenters. The van der Waals surface area contributed by atoms with Crippen molar-refractivity contribution in [1.82, 2.24) is 4.57 Å². The second-order valence-corrected chi connectivity index (χ2v) is 5.90. The van der Waals surface area contributed by atoms with Gasteiger partial charge in [-0.15, -0.1) is 11.8 Å². The number of ether oxygens (including phenoxy) is 1. The smallest absolute Gasteiger partial charge is 0.130 e. The summed E-state index contributed by atoms with van der Waals surface area (Å²) >= 11 is 5.43. The number of thioether (sulfide) groups is 1. The Morgan fingerprint density at radius 2 is 2.18 bits per heavy atom. The van der Waals surface area contributed by atoms with Gasteiger partial charge in [0.1, 0.15) is 5.44 Å². The Balaban J connectivity index is 1.92. The molecule has 2 nitrogen and oxygen atoms in total. The van der Waals surface area contributed by atoms with Crippen molar-refractivity contribution in [3.63, 3.8) is 0 Å². The molecule has 0 saturated carbocycles. The normalized spacial score (nSPS) is 19.7. The van der Waals surface area contributed by atoms with Gasteiger partial charge in [-0.25, -0.2) is 0 Å². The van der Waals surface area contributed by atoms with Crippen LogP contribution in [0.25, 0.3) is 5.69 Å². The number of hydrogen-bond acceptors (Lipinski definition) is 2. The molecule has 0 aliphatic carbocycles. The molecule has 2 aromatic rings. The van der Waals surface area contributed by atoms with Crippen molar-refractivity contribution in [1.29, 1.82) is 0 Å². The van der Waals surface area contributed by atoms with E-state index >= 15 is 0 Å². The minimum Gasteiger partial charge on any atom is -0.362 e. The summed E-state index contributed by atoms with van der Waals surface area (Å²) in [6.45, 7) is 0.857. The molecule has 0 unspecified atom stereocenters. The van der Waals surface area contributed by atoms with Crippen LogP contribution in [0.15, 0.2) is 47.2 Å². The lowest BCUT2D eigenvalue weighted by atomic mass is 10.3. The molecule has 0 radical (unpaired) electrons. The Hall–Kier alpha value is -0.710. The Bertz CT molecular complexity index is 520. The van der Waals surface area contributed by atoms with Crippen LogP contribution in [0.3, 0.4) is 0 Å². The highest BCUT2D eigenvalue weighted by molar-refractivity contribution is 9.10. The molecule has 1 saturated heterocycles. The van der Waals surface area contributed by atoms with Gasteiger partial charge in [-0.1, -0.05) is 12.1 Å². The number of halogens is 1. The molecular formula is C13H12BrNOS. The second kappa shape index (κ2) is 4.88. The molecule has 0 amide bonds. The maximum absolute atomic E-state index is 5.66. The molecule has 1 aliphatic rings. The van der Waals surface area contributed by atoms with E-state index in [0.29, 0.717) is 0 Å². The van der Waals surface area contributed by atoms with Crippen LogP contribution in [0.4, 0.5) is 0 Å². The van der Waals surface area contributed by atoms with E-state index < -0.39 is 0 Å². The predicted molar refractivity (Wildman–Crippen MR) is 74.6 cm³/mol. The van der Waals surface area contributed by atoms with Gasteiger partial charge in [-0.2, -0.15) is 0 Å². The standard InChI is InChI=1S/C13H12BrNOS/c14-11-3-1-2-4-12(11)15-6-5-10(9-15)13-16-7-8-17-13/h1-6,9,13H,7-8H2/t13-/m0/s1. The van der Waals surface area contributed by atoms with Gasteiger partial charge in [0.05, 0.1) is 12.3 Å². The molecule has 3 rings (SSSR count). The van der Waals surface area contributed by atoms with Crippen LogP contribution < -0.4 is 0 Å². The van der Waals surface area contributed by atoms with Gasteiger partial charge in [0.2, 0.25) is 0 Å². The Morgan fingerprint density at radius 3 is 2.94 bits per heavy atom. The Labute approximate surface area is 113 Å². The first-order valence-corrected chi connectivity index (χ1v) is 7.35. The highest BCUT2D eigenvalue weighted by Gasteiger charge is 2.19. The average molecular weight is 310 g/mol. The molecule has 1 aromatic carbocycles. The molecule has 0 bridgehead atoms. The van der Waals surface area contributed by atoms with Gasteiger partial charge in [-0.3, -0.25) is 0 Å². The highest BCUT2D eigenvalue weighted by Crippen LogP contribution is 2.35. The zero-order valence-electron chi connectivity index (χ0n) is 9.17. The van der Waals surface area contributed by atoms with Gasteiger partial charge in [-0.05, 0) is 34.1 Å². The average Bonchev–Trinajstić information content (AvgIpc) is 3.00. The molecule has 0 N–H and O–H groups in total. The van der Waals surface area contributed by atoms with E-state index in [2.05, 4.69) is 51.1 Å². The minimum absolute atomic E-state index is 0.207. The van der Waals surface area contributed by atoms with Crippen molar-refractivity contribution in [3.05, 3.63) is 52.8 Å². The van der Waals surface area contributed by atoms with Crippen LogP contribution in [0.2, 0.25) is 0 Å². The van der Waals surface area contributed by atoms with Gasteiger partial charge in [0, 0.05) is 28.2 Å². The third kappa shape index (κ3) is 2.30. The summed E-state index contributed by atoms with van der Waals surface area (Å²) in [4.78, 5) is 0. The summed E-state index contributed by atoms with van der Waals surface area (Å²) in [5.74, 6) is 1.09. The molecule has 4 heteroatoms. The van der Waals surface area contributed by atoms with Crippen LogP contribution in [0.5, 0.6) is 0 Å². The van der Waals surface area contributed by atoms with E-state index in [-0.39, 0.29) is 5.44 Å². The zero-order valence-corrected chi connectivity index (χ0v) is 11.6. The Kier molecular flexibility index (Phi) is 3.27. The number of hydrogen-bond donors (Lipinski definition) is 0. The van der Waals surface area contributed by atoms with Crippen molar-refractivity contribution < 1.29 is 4.74 Å². The monoisotopic (exact) mass is 309 g/mol. The van der Waals surface area contributed by atoms with E-state index in [1.165, 1.54) is 5.56 Å². The maximum Gasteiger partial charge on any atom is 0.130 e. The van der Waals surface area contributed by atoms with Crippen LogP contribution in [-0.4, -0.2) is 16.9 Å². The molecule has 1 fully saturated rings. The molecular weight excluding hydrogens is 298 g/mol. The highest BCUT2D eigenvalue weighted by atomic mass is 79.9. The molecule has 2 heterocycles. The fraction of sp³-hybridized carbons (Fsp3) is 0.231. The number of rotatable bonds is 2. The maximum atomic E-state index is 5.66. The lowest BCUT2D eigenvalue weighted by Gasteiger charge is -2.07. The topological polar surface area (TPSA) is 14.2 Å². The van der Waals surface area contributed by atoms with Crippen molar-refractivity contribution in [2.45, 2.75) is 5.44 Å². The van der Waals surface area contributed by atoms with E-state index in [9.17, 15) is 0 Å². The number of nitrogens with zero attached hydrogens (tertiary/aromatic N) is 1. The van der Waals surface area contributed by atoms with E-state index in [4.69, 9.17) is 4.74 Å². The number of aromatic nitrogens is 1. The van der Waals surface area contributed by atoms with Crippen molar-refractivity contribution in [2.75, 3.05) is 12.4 Å². The summed E-state index contributed by atoms with van der Waals surface area (Å²) < 4.78 is 8.88.